The standard InChI is InChI=1S/C16H22F3NO/c1-11-10-12(16(17,18)19)6-7-13(11)14(21)15(20(2)3)8-4-5-9-15/h6-7,10,14,21H,4-5,8-9H2,1-3H3. The first-order valence-electron chi connectivity index (χ1n) is 7.22. The molecule has 1 aliphatic rings. The van der Waals surface area contributed by atoms with Crippen LogP contribution in [0.4, 0.5) is 13.2 Å². The van der Waals surface area contributed by atoms with Gasteiger partial charge in [-0.1, -0.05) is 18.9 Å². The van der Waals surface area contributed by atoms with E-state index >= 15 is 0 Å². The predicted molar refractivity (Wildman–Crippen MR) is 76.0 cm³/mol. The van der Waals surface area contributed by atoms with Gasteiger partial charge in [-0.25, -0.2) is 0 Å². The van der Waals surface area contributed by atoms with E-state index in [1.54, 1.807) is 6.92 Å². The van der Waals surface area contributed by atoms with Gasteiger partial charge >= 0.3 is 6.18 Å². The third kappa shape index (κ3) is 2.94. The lowest BCUT2D eigenvalue weighted by Crippen LogP contribution is -2.47. The Hall–Kier alpha value is -1.07. The summed E-state index contributed by atoms with van der Waals surface area (Å²) in [6.07, 6.45) is -1.31. The van der Waals surface area contributed by atoms with Crippen LogP contribution in [-0.2, 0) is 6.18 Å². The first kappa shape index (κ1) is 16.3. The van der Waals surface area contributed by atoms with Gasteiger partial charge in [-0.2, -0.15) is 13.2 Å². The van der Waals surface area contributed by atoms with Gasteiger partial charge in [0.05, 0.1) is 17.2 Å². The number of likely N-dealkylation sites (N-methyl/N-ethyl adjacent to an activating group) is 1. The summed E-state index contributed by atoms with van der Waals surface area (Å²) in [6.45, 7) is 1.63. The zero-order valence-electron chi connectivity index (χ0n) is 12.7. The predicted octanol–water partition coefficient (Wildman–Crippen LogP) is 3.92. The molecule has 0 aliphatic heterocycles. The molecule has 118 valence electrons. The number of halogens is 3. The van der Waals surface area contributed by atoms with Gasteiger partial charge in [0.1, 0.15) is 0 Å². The lowest BCUT2D eigenvalue weighted by atomic mass is 9.83. The van der Waals surface area contributed by atoms with Crippen molar-refractivity contribution in [1.82, 2.24) is 4.90 Å². The molecule has 1 aromatic rings. The Bertz CT molecular complexity index is 505. The Morgan fingerprint density at radius 3 is 2.19 bits per heavy atom. The number of hydrogen-bond donors (Lipinski definition) is 1. The van der Waals surface area contributed by atoms with Crippen molar-refractivity contribution in [3.63, 3.8) is 0 Å². The Morgan fingerprint density at radius 1 is 1.19 bits per heavy atom. The Balaban J connectivity index is 2.37. The zero-order chi connectivity index (χ0) is 15.8. The summed E-state index contributed by atoms with van der Waals surface area (Å²) >= 11 is 0. The SMILES string of the molecule is Cc1cc(C(F)(F)F)ccc1C(O)C1(N(C)C)CCCC1. The number of benzene rings is 1. The fourth-order valence-electron chi connectivity index (χ4n) is 3.40. The molecule has 0 heterocycles. The normalized spacial score (nSPS) is 20.0. The number of nitrogens with zero attached hydrogens (tertiary/aromatic N) is 1. The van der Waals surface area contributed by atoms with E-state index in [0.717, 1.165) is 37.8 Å². The molecule has 5 heteroatoms. The number of rotatable bonds is 3. The number of aliphatic hydroxyl groups is 1. The molecule has 2 rings (SSSR count). The Morgan fingerprint density at radius 2 is 1.76 bits per heavy atom. The summed E-state index contributed by atoms with van der Waals surface area (Å²) in [4.78, 5) is 2.02. The highest BCUT2D eigenvalue weighted by Crippen LogP contribution is 2.44. The minimum Gasteiger partial charge on any atom is -0.386 e. The van der Waals surface area contributed by atoms with Crippen LogP contribution in [0.2, 0.25) is 0 Å². The summed E-state index contributed by atoms with van der Waals surface area (Å²) in [7, 11) is 3.85. The maximum absolute atomic E-state index is 12.7. The molecule has 2 nitrogen and oxygen atoms in total. The van der Waals surface area contributed by atoms with Crippen LogP contribution in [0.1, 0.15) is 48.5 Å². The largest absolute Gasteiger partial charge is 0.416 e. The van der Waals surface area contributed by atoms with E-state index in [2.05, 4.69) is 0 Å². The first-order valence-corrected chi connectivity index (χ1v) is 7.22. The maximum Gasteiger partial charge on any atom is 0.416 e. The van der Waals surface area contributed by atoms with Crippen LogP contribution in [0.5, 0.6) is 0 Å². The fraction of sp³-hybridized carbons (Fsp3) is 0.625. The van der Waals surface area contributed by atoms with Crippen LogP contribution < -0.4 is 0 Å². The van der Waals surface area contributed by atoms with E-state index in [0.29, 0.717) is 11.1 Å². The second-order valence-corrected chi connectivity index (χ2v) is 6.18. The maximum atomic E-state index is 12.7. The molecule has 1 fully saturated rings. The molecule has 21 heavy (non-hydrogen) atoms. The summed E-state index contributed by atoms with van der Waals surface area (Å²) < 4.78 is 38.2. The zero-order valence-corrected chi connectivity index (χ0v) is 12.7. The van der Waals surface area contributed by atoms with Gasteiger partial charge in [0, 0.05) is 0 Å². The van der Waals surface area contributed by atoms with Crippen LogP contribution >= 0.6 is 0 Å². The smallest absolute Gasteiger partial charge is 0.386 e. The molecule has 1 atom stereocenters. The van der Waals surface area contributed by atoms with Crippen molar-refractivity contribution >= 4 is 0 Å². The topological polar surface area (TPSA) is 23.5 Å². The highest BCUT2D eigenvalue weighted by atomic mass is 19.4. The molecule has 0 saturated heterocycles. The van der Waals surface area contributed by atoms with Gasteiger partial charge in [-0.05, 0) is 57.1 Å². The van der Waals surface area contributed by atoms with Gasteiger partial charge in [-0.15, -0.1) is 0 Å². The van der Waals surface area contributed by atoms with Crippen LogP contribution in [0.15, 0.2) is 18.2 Å². The monoisotopic (exact) mass is 301 g/mol. The highest BCUT2D eigenvalue weighted by molar-refractivity contribution is 5.35. The summed E-state index contributed by atoms with van der Waals surface area (Å²) in [5, 5.41) is 10.8. The van der Waals surface area contributed by atoms with Gasteiger partial charge in [0.15, 0.2) is 0 Å². The van der Waals surface area contributed by atoms with Crippen LogP contribution in [0.25, 0.3) is 0 Å². The number of aliphatic hydroxyl groups excluding tert-OH is 1. The molecule has 1 N–H and O–H groups in total. The van der Waals surface area contributed by atoms with Crippen LogP contribution in [-0.4, -0.2) is 29.6 Å². The van der Waals surface area contributed by atoms with E-state index in [1.807, 2.05) is 19.0 Å². The summed E-state index contributed by atoms with van der Waals surface area (Å²) in [5.74, 6) is 0. The molecular weight excluding hydrogens is 279 g/mol. The van der Waals surface area contributed by atoms with E-state index in [-0.39, 0.29) is 5.54 Å². The molecule has 1 aliphatic carbocycles. The minimum atomic E-state index is -4.35. The molecule has 0 spiro atoms. The van der Waals surface area contributed by atoms with Crippen molar-refractivity contribution in [3.8, 4) is 0 Å². The van der Waals surface area contributed by atoms with Gasteiger partial charge in [-0.3, -0.25) is 0 Å². The van der Waals surface area contributed by atoms with E-state index < -0.39 is 17.8 Å². The summed E-state index contributed by atoms with van der Waals surface area (Å²) in [6, 6.07) is 3.60. The van der Waals surface area contributed by atoms with E-state index in [9.17, 15) is 18.3 Å². The van der Waals surface area contributed by atoms with Crippen molar-refractivity contribution in [3.05, 3.63) is 34.9 Å². The summed E-state index contributed by atoms with van der Waals surface area (Å²) in [5.41, 5.74) is 0.0511. The highest BCUT2D eigenvalue weighted by Gasteiger charge is 2.44. The molecule has 0 bridgehead atoms. The number of hydrogen-bond acceptors (Lipinski definition) is 2. The van der Waals surface area contributed by atoms with Crippen molar-refractivity contribution in [2.75, 3.05) is 14.1 Å². The quantitative estimate of drug-likeness (QED) is 0.914. The average Bonchev–Trinajstić information content (AvgIpc) is 2.87. The third-order valence-electron chi connectivity index (χ3n) is 4.76. The minimum absolute atomic E-state index is 0.371. The molecule has 0 amide bonds. The van der Waals surface area contributed by atoms with Crippen molar-refractivity contribution in [1.29, 1.82) is 0 Å². The van der Waals surface area contributed by atoms with Gasteiger partial charge in [0.2, 0.25) is 0 Å². The molecule has 1 aromatic carbocycles. The van der Waals surface area contributed by atoms with E-state index in [4.69, 9.17) is 0 Å². The molecule has 1 unspecified atom stereocenters. The number of aryl methyl sites for hydroxylation is 1. The van der Waals surface area contributed by atoms with Gasteiger partial charge in [0.25, 0.3) is 0 Å². The second-order valence-electron chi connectivity index (χ2n) is 6.18. The molecule has 1 saturated carbocycles. The van der Waals surface area contributed by atoms with Crippen LogP contribution in [0.3, 0.4) is 0 Å². The van der Waals surface area contributed by atoms with Crippen molar-refractivity contribution < 1.29 is 18.3 Å². The Kier molecular flexibility index (Phi) is 4.36. The lowest BCUT2D eigenvalue weighted by Gasteiger charge is -2.41. The van der Waals surface area contributed by atoms with Gasteiger partial charge < -0.3 is 10.0 Å². The van der Waals surface area contributed by atoms with Crippen molar-refractivity contribution in [2.24, 2.45) is 0 Å². The van der Waals surface area contributed by atoms with E-state index in [1.165, 1.54) is 6.07 Å². The molecule has 0 aromatic heterocycles. The molecule has 0 radical (unpaired) electrons. The van der Waals surface area contributed by atoms with Crippen molar-refractivity contribution in [2.45, 2.75) is 50.4 Å². The first-order chi connectivity index (χ1) is 9.68. The molecular formula is C16H22F3NO. The second kappa shape index (κ2) is 5.61. The number of alkyl halides is 3. The fourth-order valence-corrected chi connectivity index (χ4v) is 3.40. The van der Waals surface area contributed by atoms with Crippen LogP contribution in [0, 0.1) is 6.92 Å². The average molecular weight is 301 g/mol. The Labute approximate surface area is 123 Å². The third-order valence-corrected chi connectivity index (χ3v) is 4.76. The lowest BCUT2D eigenvalue weighted by molar-refractivity contribution is -0.137.